The fourth-order valence-electron chi connectivity index (χ4n) is 3.95. The lowest BCUT2D eigenvalue weighted by Crippen LogP contribution is -2.40. The van der Waals surface area contributed by atoms with Gasteiger partial charge in [0, 0.05) is 6.04 Å². The summed E-state index contributed by atoms with van der Waals surface area (Å²) in [7, 11) is -2.74. The van der Waals surface area contributed by atoms with E-state index in [0.717, 1.165) is 13.0 Å². The van der Waals surface area contributed by atoms with Gasteiger partial charge in [-0.3, -0.25) is 0 Å². The summed E-state index contributed by atoms with van der Waals surface area (Å²) in [5, 5.41) is 3.63. The van der Waals surface area contributed by atoms with E-state index in [1.54, 1.807) is 0 Å². The molecule has 0 aromatic heterocycles. The third kappa shape index (κ3) is 3.72. The number of rotatable bonds is 4. The van der Waals surface area contributed by atoms with Gasteiger partial charge in [0.1, 0.15) is 0 Å². The maximum Gasteiger partial charge on any atom is 0.150 e. The molecule has 1 saturated carbocycles. The van der Waals surface area contributed by atoms with Gasteiger partial charge in [-0.1, -0.05) is 37.3 Å². The van der Waals surface area contributed by atoms with Crippen LogP contribution in [0.1, 0.15) is 44.6 Å². The summed E-state index contributed by atoms with van der Waals surface area (Å²) >= 11 is 0. The van der Waals surface area contributed by atoms with Gasteiger partial charge in [0.05, 0.1) is 11.5 Å². The standard InChI is InChI=1S/C18H27NO2S/c1-18(16-5-3-2-4-6-16)10-7-17(8-11-18)19-13-15-9-12-22(20,21)14-15/h2-6,15,17,19H,7-14H2,1H3/t15-,17?,18?/m1/s1. The molecular weight excluding hydrogens is 294 g/mol. The van der Waals surface area contributed by atoms with E-state index in [0.29, 0.717) is 28.9 Å². The van der Waals surface area contributed by atoms with Crippen molar-refractivity contribution in [1.29, 1.82) is 0 Å². The van der Waals surface area contributed by atoms with Crippen LogP contribution >= 0.6 is 0 Å². The Morgan fingerprint density at radius 1 is 1.14 bits per heavy atom. The summed E-state index contributed by atoms with van der Waals surface area (Å²) in [6.07, 6.45) is 5.62. The Kier molecular flexibility index (Phi) is 4.60. The zero-order valence-corrected chi connectivity index (χ0v) is 14.2. The predicted molar refractivity (Wildman–Crippen MR) is 90.8 cm³/mol. The lowest BCUT2D eigenvalue weighted by molar-refractivity contribution is 0.258. The van der Waals surface area contributed by atoms with Crippen molar-refractivity contribution >= 4 is 9.84 Å². The first kappa shape index (κ1) is 16.0. The highest BCUT2D eigenvalue weighted by atomic mass is 32.2. The average molecular weight is 321 g/mol. The molecule has 1 aliphatic carbocycles. The molecule has 122 valence electrons. The highest BCUT2D eigenvalue weighted by molar-refractivity contribution is 7.91. The van der Waals surface area contributed by atoms with Crippen molar-refractivity contribution in [3.63, 3.8) is 0 Å². The molecule has 1 saturated heterocycles. The Bertz CT molecular complexity index is 589. The Morgan fingerprint density at radius 2 is 1.82 bits per heavy atom. The van der Waals surface area contributed by atoms with Crippen molar-refractivity contribution in [2.45, 2.75) is 50.5 Å². The lowest BCUT2D eigenvalue weighted by atomic mass is 9.69. The van der Waals surface area contributed by atoms with Crippen LogP contribution in [0.4, 0.5) is 0 Å². The molecule has 3 rings (SSSR count). The monoisotopic (exact) mass is 321 g/mol. The Balaban J connectivity index is 1.48. The van der Waals surface area contributed by atoms with Gasteiger partial charge in [0.2, 0.25) is 0 Å². The van der Waals surface area contributed by atoms with Gasteiger partial charge in [0.25, 0.3) is 0 Å². The maximum atomic E-state index is 11.5. The smallest absolute Gasteiger partial charge is 0.150 e. The highest BCUT2D eigenvalue weighted by Crippen LogP contribution is 2.39. The second-order valence-corrected chi connectivity index (χ2v) is 9.61. The first-order valence-corrected chi connectivity index (χ1v) is 10.3. The summed E-state index contributed by atoms with van der Waals surface area (Å²) in [6, 6.07) is 11.4. The SMILES string of the molecule is CC1(c2ccccc2)CCC(NC[C@H]2CCS(=O)(=O)C2)CC1. The number of benzene rings is 1. The van der Waals surface area contributed by atoms with Crippen molar-refractivity contribution in [1.82, 2.24) is 5.32 Å². The number of hydrogen-bond acceptors (Lipinski definition) is 3. The fourth-order valence-corrected chi connectivity index (χ4v) is 5.82. The molecule has 0 radical (unpaired) electrons. The molecule has 22 heavy (non-hydrogen) atoms. The van der Waals surface area contributed by atoms with Crippen molar-refractivity contribution in [2.75, 3.05) is 18.1 Å². The van der Waals surface area contributed by atoms with Crippen LogP contribution in [0.5, 0.6) is 0 Å². The van der Waals surface area contributed by atoms with Crippen LogP contribution in [0.15, 0.2) is 30.3 Å². The lowest BCUT2D eigenvalue weighted by Gasteiger charge is -2.38. The summed E-state index contributed by atoms with van der Waals surface area (Å²) in [5.74, 6) is 1.09. The van der Waals surface area contributed by atoms with E-state index in [1.807, 2.05) is 0 Å². The minimum Gasteiger partial charge on any atom is -0.314 e. The van der Waals surface area contributed by atoms with E-state index >= 15 is 0 Å². The van der Waals surface area contributed by atoms with Crippen LogP contribution < -0.4 is 5.32 Å². The average Bonchev–Trinajstić information content (AvgIpc) is 2.87. The molecule has 1 atom stereocenters. The Morgan fingerprint density at radius 3 is 2.41 bits per heavy atom. The molecule has 4 heteroatoms. The molecular formula is C18H27NO2S. The highest BCUT2D eigenvalue weighted by Gasteiger charge is 2.33. The molecule has 1 heterocycles. The van der Waals surface area contributed by atoms with Crippen LogP contribution in [-0.2, 0) is 15.3 Å². The molecule has 0 bridgehead atoms. The molecule has 0 unspecified atom stereocenters. The third-order valence-corrected chi connectivity index (χ3v) is 7.42. The third-order valence-electron chi connectivity index (χ3n) is 5.58. The van der Waals surface area contributed by atoms with Crippen molar-refractivity contribution in [3.05, 3.63) is 35.9 Å². The van der Waals surface area contributed by atoms with Crippen LogP contribution in [0, 0.1) is 5.92 Å². The Labute approximate surface area is 134 Å². The Hall–Kier alpha value is -0.870. The first-order chi connectivity index (χ1) is 10.5. The van der Waals surface area contributed by atoms with Gasteiger partial charge < -0.3 is 5.32 Å². The summed E-state index contributed by atoms with van der Waals surface area (Å²) < 4.78 is 23.0. The van der Waals surface area contributed by atoms with Crippen molar-refractivity contribution in [3.8, 4) is 0 Å². The van der Waals surface area contributed by atoms with Gasteiger partial charge in [-0.15, -0.1) is 0 Å². The number of sulfone groups is 1. The zero-order valence-electron chi connectivity index (χ0n) is 13.4. The van der Waals surface area contributed by atoms with Crippen LogP contribution in [0.25, 0.3) is 0 Å². The summed E-state index contributed by atoms with van der Waals surface area (Å²) in [6.45, 7) is 3.24. The molecule has 3 nitrogen and oxygen atoms in total. The van der Waals surface area contributed by atoms with Crippen molar-refractivity contribution < 1.29 is 8.42 Å². The van der Waals surface area contributed by atoms with Gasteiger partial charge >= 0.3 is 0 Å². The van der Waals surface area contributed by atoms with E-state index in [9.17, 15) is 8.42 Å². The minimum atomic E-state index is -2.74. The van der Waals surface area contributed by atoms with Gasteiger partial charge in [-0.05, 0) is 55.5 Å². The zero-order chi connectivity index (χ0) is 15.6. The molecule has 2 fully saturated rings. The quantitative estimate of drug-likeness (QED) is 0.927. The molecule has 1 aromatic rings. The van der Waals surface area contributed by atoms with E-state index < -0.39 is 9.84 Å². The molecule has 2 aliphatic rings. The van der Waals surface area contributed by atoms with Crippen LogP contribution in [-0.4, -0.2) is 32.5 Å². The number of nitrogens with one attached hydrogen (secondary N) is 1. The maximum absolute atomic E-state index is 11.5. The normalized spacial score (nSPS) is 34.6. The van der Waals surface area contributed by atoms with E-state index in [1.165, 1.54) is 31.2 Å². The second-order valence-electron chi connectivity index (χ2n) is 7.38. The predicted octanol–water partition coefficient (Wildman–Crippen LogP) is 2.91. The van der Waals surface area contributed by atoms with Gasteiger partial charge in [-0.2, -0.15) is 0 Å². The molecule has 0 amide bonds. The van der Waals surface area contributed by atoms with Crippen LogP contribution in [0.3, 0.4) is 0 Å². The largest absolute Gasteiger partial charge is 0.314 e. The topological polar surface area (TPSA) is 46.2 Å². The van der Waals surface area contributed by atoms with Crippen LogP contribution in [0.2, 0.25) is 0 Å². The van der Waals surface area contributed by atoms with Gasteiger partial charge in [-0.25, -0.2) is 8.42 Å². The molecule has 1 N–H and O–H groups in total. The fraction of sp³-hybridized carbons (Fsp3) is 0.667. The summed E-state index contributed by atoms with van der Waals surface area (Å²) in [5.41, 5.74) is 1.76. The molecule has 1 aromatic carbocycles. The first-order valence-electron chi connectivity index (χ1n) is 8.46. The van der Waals surface area contributed by atoms with E-state index in [-0.39, 0.29) is 0 Å². The van der Waals surface area contributed by atoms with Crippen molar-refractivity contribution in [2.24, 2.45) is 5.92 Å². The van der Waals surface area contributed by atoms with Gasteiger partial charge in [0.15, 0.2) is 9.84 Å². The van der Waals surface area contributed by atoms with E-state index in [4.69, 9.17) is 0 Å². The molecule has 1 aliphatic heterocycles. The van der Waals surface area contributed by atoms with E-state index in [2.05, 4.69) is 42.6 Å². The molecule has 0 spiro atoms. The minimum absolute atomic E-state index is 0.302. The summed E-state index contributed by atoms with van der Waals surface area (Å²) in [4.78, 5) is 0. The number of hydrogen-bond donors (Lipinski definition) is 1. The second kappa shape index (κ2) is 6.32.